The molecule has 0 aromatic carbocycles. The van der Waals surface area contributed by atoms with E-state index >= 15 is 0 Å². The second-order valence-corrected chi connectivity index (χ2v) is 9.52. The highest BCUT2D eigenvalue weighted by Crippen LogP contribution is 2.69. The van der Waals surface area contributed by atoms with Crippen LogP contribution in [-0.4, -0.2) is 52.4 Å². The lowest BCUT2D eigenvalue weighted by atomic mass is 9.46. The molecular formula is C25H34O6. The van der Waals surface area contributed by atoms with Crippen LogP contribution in [0.3, 0.4) is 0 Å². The average Bonchev–Trinajstić information content (AvgIpc) is 3.33. The lowest BCUT2D eigenvalue weighted by Crippen LogP contribution is -2.63. The minimum atomic E-state index is -3.60. The van der Waals surface area contributed by atoms with E-state index in [1.807, 2.05) is 0 Å². The van der Waals surface area contributed by atoms with Crippen LogP contribution in [0.5, 0.6) is 0 Å². The summed E-state index contributed by atoms with van der Waals surface area (Å²) in [6.07, 6.45) is -14.4. The van der Waals surface area contributed by atoms with Gasteiger partial charge in [0.15, 0.2) is 23.5 Å². The standard InChI is InChI=1S/C25H34O6/c1-4-5-21-30-20-11-17-16-7-6-14-10-15(27)8-9-23(14,2)22(16)18(28)12-24(17,3)25(20,31-21)19(29)13-26/h8-10,16-18,20-22,26,28H,4-7,11-13H2,1-3H3/t16-,17-,18-,20+,21?,22+,23-,24-,25+/m0/s1/i1D3,4D2,5D2,6D2,8D,10D,13D2. The summed E-state index contributed by atoms with van der Waals surface area (Å²) < 4.78 is 117. The molecule has 0 aromatic heterocycles. The zero-order valence-corrected chi connectivity index (χ0v) is 17.2. The fourth-order valence-corrected chi connectivity index (χ4v) is 7.12. The van der Waals surface area contributed by atoms with E-state index < -0.39 is 109 Å². The molecule has 5 rings (SSSR count). The largest absolute Gasteiger partial charge is 0.393 e. The molecule has 0 aromatic rings. The predicted octanol–water partition coefficient (Wildman–Crippen LogP) is 2.72. The van der Waals surface area contributed by atoms with Crippen LogP contribution in [0.25, 0.3) is 0 Å². The van der Waals surface area contributed by atoms with Crippen LogP contribution in [-0.2, 0) is 19.1 Å². The van der Waals surface area contributed by atoms with Gasteiger partial charge in [0.1, 0.15) is 6.56 Å². The fraction of sp³-hybridized carbons (Fsp3) is 0.760. The Hall–Kier alpha value is -1.34. The second-order valence-electron chi connectivity index (χ2n) is 9.52. The topological polar surface area (TPSA) is 93.1 Å². The van der Waals surface area contributed by atoms with E-state index in [4.69, 9.17) is 27.3 Å². The van der Waals surface area contributed by atoms with Crippen LogP contribution in [0.15, 0.2) is 23.8 Å². The van der Waals surface area contributed by atoms with Gasteiger partial charge in [-0.3, -0.25) is 9.59 Å². The number of allylic oxidation sites excluding steroid dienone is 4. The van der Waals surface area contributed by atoms with Crippen LogP contribution in [0.1, 0.15) is 76.9 Å². The molecule has 1 aliphatic heterocycles. The van der Waals surface area contributed by atoms with E-state index in [9.17, 15) is 19.8 Å². The van der Waals surface area contributed by atoms with E-state index in [2.05, 4.69) is 0 Å². The first-order chi connectivity index (χ1) is 19.6. The summed E-state index contributed by atoms with van der Waals surface area (Å²) >= 11 is 0. The lowest BCUT2D eigenvalue weighted by Gasteiger charge is -2.59. The Morgan fingerprint density at radius 3 is 3.03 bits per heavy atom. The van der Waals surface area contributed by atoms with E-state index in [1.165, 1.54) is 19.9 Å². The van der Waals surface area contributed by atoms with Crippen LogP contribution in [0, 0.1) is 28.6 Å². The third kappa shape index (κ3) is 2.65. The van der Waals surface area contributed by atoms with Gasteiger partial charge in [-0.2, -0.15) is 0 Å². The summed E-state index contributed by atoms with van der Waals surface area (Å²) in [6, 6.07) is -1.21. The molecule has 1 unspecified atom stereocenters. The summed E-state index contributed by atoms with van der Waals surface area (Å²) in [6.45, 7) is -4.16. The minimum absolute atomic E-state index is 0.182. The maximum absolute atomic E-state index is 13.8. The highest BCUT2D eigenvalue weighted by molar-refractivity contribution is 6.01. The van der Waals surface area contributed by atoms with Gasteiger partial charge in [0.05, 0.1) is 17.7 Å². The molecule has 5 aliphatic rings. The number of Topliss-reactive ketones (excluding diaryl/α,β-unsaturated/α-hetero) is 1. The summed E-state index contributed by atoms with van der Waals surface area (Å²) in [5, 5.41) is 22.1. The van der Waals surface area contributed by atoms with Gasteiger partial charge in [0.2, 0.25) is 0 Å². The van der Waals surface area contributed by atoms with Crippen molar-refractivity contribution in [3.05, 3.63) is 23.8 Å². The van der Waals surface area contributed by atoms with E-state index in [-0.39, 0.29) is 24.8 Å². The maximum atomic E-state index is 13.8. The van der Waals surface area contributed by atoms with Gasteiger partial charge in [0.25, 0.3) is 0 Å². The average molecular weight is 444 g/mol. The van der Waals surface area contributed by atoms with Crippen molar-refractivity contribution >= 4 is 11.6 Å². The summed E-state index contributed by atoms with van der Waals surface area (Å²) in [4.78, 5) is 26.4. The van der Waals surface area contributed by atoms with Crippen LogP contribution in [0.4, 0.5) is 0 Å². The molecule has 170 valence electrons. The molecule has 0 bridgehead atoms. The number of aliphatic hydroxyl groups excluding tert-OH is 1. The zero-order valence-electron chi connectivity index (χ0n) is 30.2. The summed E-state index contributed by atoms with van der Waals surface area (Å²) in [5.74, 6) is -5.14. The van der Waals surface area contributed by atoms with Crippen molar-refractivity contribution < 1.29 is 47.1 Å². The number of ether oxygens (including phenoxy) is 2. The number of rotatable bonds is 4. The van der Waals surface area contributed by atoms with Crippen molar-refractivity contribution in [2.45, 2.75) is 83.2 Å². The molecule has 1 saturated heterocycles. The van der Waals surface area contributed by atoms with Gasteiger partial charge < -0.3 is 19.7 Å². The highest BCUT2D eigenvalue weighted by atomic mass is 16.7. The van der Waals surface area contributed by atoms with Gasteiger partial charge in [0, 0.05) is 29.1 Å². The quantitative estimate of drug-likeness (QED) is 0.694. The Morgan fingerprint density at radius 1 is 1.48 bits per heavy atom. The first-order valence-corrected chi connectivity index (χ1v) is 10.4. The molecule has 4 fully saturated rings. The smallest absolute Gasteiger partial charge is 0.193 e. The Balaban J connectivity index is 1.65. The maximum Gasteiger partial charge on any atom is 0.193 e. The molecule has 6 heteroatoms. The minimum Gasteiger partial charge on any atom is -0.393 e. The Labute approximate surface area is 201 Å². The molecule has 4 aliphatic carbocycles. The Bertz CT molecular complexity index is 1370. The Kier molecular flexibility index (Phi) is 2.55. The van der Waals surface area contributed by atoms with Crippen molar-refractivity contribution in [2.75, 3.05) is 6.56 Å². The second kappa shape index (κ2) is 7.08. The molecule has 9 atom stereocenters. The SMILES string of the molecule is [2H]C1=C[C@@]2(C)C(=C([2H])C1=O)C([2H])([2H])C[C@@H]1[C@@H]2[C@@H](O)C[C@@]2(C)[C@H]1C[C@H]1OC(C([2H])([2H])C([2H])([2H])C([2H])([2H])[2H])O[C@]12C(=O)C([2H])([2H])O. The van der Waals surface area contributed by atoms with Gasteiger partial charge in [-0.25, -0.2) is 0 Å². The van der Waals surface area contributed by atoms with Gasteiger partial charge in [-0.1, -0.05) is 38.7 Å². The van der Waals surface area contributed by atoms with E-state index in [1.54, 1.807) is 0 Å². The molecule has 6 nitrogen and oxygen atoms in total. The molecule has 0 spiro atoms. The molecular weight excluding hydrogens is 396 g/mol. The van der Waals surface area contributed by atoms with Gasteiger partial charge >= 0.3 is 0 Å². The molecule has 1 heterocycles. The normalized spacial score (nSPS) is 60.6. The first-order valence-electron chi connectivity index (χ1n) is 16.9. The number of hydrogen-bond acceptors (Lipinski definition) is 6. The van der Waals surface area contributed by atoms with Crippen LogP contribution in [0.2, 0.25) is 0 Å². The van der Waals surface area contributed by atoms with Gasteiger partial charge in [-0.05, 0) is 55.9 Å². The highest BCUT2D eigenvalue weighted by Gasteiger charge is 2.75. The number of fused-ring (bicyclic) bond motifs is 7. The molecule has 31 heavy (non-hydrogen) atoms. The van der Waals surface area contributed by atoms with Crippen molar-refractivity contribution in [3.63, 3.8) is 0 Å². The third-order valence-electron chi connectivity index (χ3n) is 8.31. The number of hydrogen-bond donors (Lipinski definition) is 2. The number of aliphatic hydroxyl groups is 2. The van der Waals surface area contributed by atoms with Crippen molar-refractivity contribution in [1.29, 1.82) is 0 Å². The molecule has 2 N–H and O–H groups in total. The van der Waals surface area contributed by atoms with Crippen molar-refractivity contribution in [1.82, 2.24) is 0 Å². The molecule has 3 saturated carbocycles. The fourth-order valence-electron chi connectivity index (χ4n) is 7.12. The predicted molar refractivity (Wildman–Crippen MR) is 113 cm³/mol. The monoisotopic (exact) mass is 443 g/mol. The van der Waals surface area contributed by atoms with Crippen molar-refractivity contribution in [2.24, 2.45) is 28.6 Å². The van der Waals surface area contributed by atoms with Crippen LogP contribution >= 0.6 is 0 Å². The lowest BCUT2D eigenvalue weighted by molar-refractivity contribution is -0.200. The summed E-state index contributed by atoms with van der Waals surface area (Å²) in [7, 11) is 0. The molecule has 0 amide bonds. The van der Waals surface area contributed by atoms with Gasteiger partial charge in [-0.15, -0.1) is 0 Å². The molecule has 0 radical (unpaired) electrons. The Morgan fingerprint density at radius 2 is 2.29 bits per heavy atom. The summed E-state index contributed by atoms with van der Waals surface area (Å²) in [5.41, 5.74) is -5.92. The third-order valence-corrected chi connectivity index (χ3v) is 8.31. The number of carbonyl (C=O) groups excluding carboxylic acids is 2. The van der Waals surface area contributed by atoms with E-state index in [0.29, 0.717) is 0 Å². The number of carbonyl (C=O) groups is 2. The van der Waals surface area contributed by atoms with E-state index in [0.717, 1.165) is 0 Å². The first kappa shape index (κ1) is 11.2. The zero-order chi connectivity index (χ0) is 33.6. The van der Waals surface area contributed by atoms with Crippen molar-refractivity contribution in [3.8, 4) is 0 Å². The number of ketones is 2. The van der Waals surface area contributed by atoms with Crippen LogP contribution < -0.4 is 0 Å².